The molecule has 0 aliphatic heterocycles. The third-order valence-corrected chi connectivity index (χ3v) is 2.12. The highest BCUT2D eigenvalue weighted by atomic mass is 15.1. The minimum atomic E-state index is -0.0206. The normalized spacial score (nSPS) is 10.2. The van der Waals surface area contributed by atoms with E-state index >= 15 is 0 Å². The van der Waals surface area contributed by atoms with Gasteiger partial charge in [0.05, 0.1) is 5.57 Å². The van der Waals surface area contributed by atoms with Crippen LogP contribution in [0.2, 0.25) is 0 Å². The highest BCUT2D eigenvalue weighted by molar-refractivity contribution is 5.53. The maximum absolute atomic E-state index is 8.97. The summed E-state index contributed by atoms with van der Waals surface area (Å²) in [6.07, 6.45) is 0. The molecule has 0 aromatic carbocycles. The molecule has 0 aromatic rings. The van der Waals surface area contributed by atoms with Crippen molar-refractivity contribution in [3.63, 3.8) is 0 Å². The Bertz CT molecular complexity index is 417. The fourth-order valence-corrected chi connectivity index (χ4v) is 0.977. The van der Waals surface area contributed by atoms with Crippen molar-refractivity contribution in [2.75, 3.05) is 14.1 Å². The summed E-state index contributed by atoms with van der Waals surface area (Å²) in [7, 11) is 3.61. The topological polar surface area (TPSA) is 74.6 Å². The zero-order valence-electron chi connectivity index (χ0n) is 9.29. The molecule has 0 aromatic heterocycles. The smallest absolute Gasteiger partial charge is 0.133 e. The van der Waals surface area contributed by atoms with E-state index < -0.39 is 0 Å². The molecule has 0 unspecified atom stereocenters. The first-order chi connectivity index (χ1) is 6.99. The molecule has 0 rings (SSSR count). The van der Waals surface area contributed by atoms with Gasteiger partial charge in [0.15, 0.2) is 0 Å². The minimum Gasteiger partial charge on any atom is -0.380 e. The molecule has 4 heteroatoms. The van der Waals surface area contributed by atoms with Crippen molar-refractivity contribution in [1.82, 2.24) is 4.90 Å². The van der Waals surface area contributed by atoms with E-state index in [2.05, 4.69) is 0 Å². The van der Waals surface area contributed by atoms with Crippen molar-refractivity contribution in [3.8, 4) is 18.2 Å². The summed E-state index contributed by atoms with van der Waals surface area (Å²) >= 11 is 0. The predicted molar refractivity (Wildman–Crippen MR) is 55.9 cm³/mol. The molecule has 4 nitrogen and oxygen atoms in total. The van der Waals surface area contributed by atoms with Gasteiger partial charge in [0.25, 0.3) is 0 Å². The summed E-state index contributed by atoms with van der Waals surface area (Å²) in [6, 6.07) is 5.56. The lowest BCUT2D eigenvalue weighted by molar-refractivity contribution is 0.510. The van der Waals surface area contributed by atoms with Crippen LogP contribution in [0.3, 0.4) is 0 Å². The molecule has 0 bridgehead atoms. The Morgan fingerprint density at radius 2 is 1.40 bits per heavy atom. The lowest BCUT2D eigenvalue weighted by Crippen LogP contribution is -2.11. The number of hydrogen-bond donors (Lipinski definition) is 0. The van der Waals surface area contributed by atoms with E-state index in [-0.39, 0.29) is 5.57 Å². The Hall–Kier alpha value is -2.25. The van der Waals surface area contributed by atoms with E-state index in [1.807, 2.05) is 6.07 Å². The second-order valence-electron chi connectivity index (χ2n) is 3.19. The molecular weight excluding hydrogens is 188 g/mol. The van der Waals surface area contributed by atoms with Gasteiger partial charge in [0, 0.05) is 19.8 Å². The van der Waals surface area contributed by atoms with Crippen LogP contribution in [0.1, 0.15) is 13.8 Å². The average Bonchev–Trinajstić information content (AvgIpc) is 2.20. The molecule has 15 heavy (non-hydrogen) atoms. The lowest BCUT2D eigenvalue weighted by Gasteiger charge is -2.15. The van der Waals surface area contributed by atoms with Crippen LogP contribution < -0.4 is 0 Å². The van der Waals surface area contributed by atoms with Crippen LogP contribution in [-0.2, 0) is 0 Å². The Morgan fingerprint density at radius 1 is 0.933 bits per heavy atom. The Kier molecular flexibility index (Phi) is 4.65. The molecule has 0 aliphatic rings. The maximum Gasteiger partial charge on any atom is 0.133 e. The fraction of sp³-hybridized carbons (Fsp3) is 0.364. The van der Waals surface area contributed by atoms with E-state index in [4.69, 9.17) is 15.8 Å². The molecule has 0 saturated carbocycles. The zero-order valence-corrected chi connectivity index (χ0v) is 9.29. The largest absolute Gasteiger partial charge is 0.380 e. The van der Waals surface area contributed by atoms with Crippen LogP contribution in [0.15, 0.2) is 22.4 Å². The minimum absolute atomic E-state index is 0.0206. The second-order valence-corrected chi connectivity index (χ2v) is 3.19. The summed E-state index contributed by atoms with van der Waals surface area (Å²) < 4.78 is 0. The van der Waals surface area contributed by atoms with Gasteiger partial charge in [0.2, 0.25) is 0 Å². The van der Waals surface area contributed by atoms with E-state index in [0.717, 1.165) is 5.70 Å². The second kappa shape index (κ2) is 5.47. The molecule has 0 atom stereocenters. The first-order valence-electron chi connectivity index (χ1n) is 4.29. The van der Waals surface area contributed by atoms with Gasteiger partial charge >= 0.3 is 0 Å². The van der Waals surface area contributed by atoms with Crippen molar-refractivity contribution in [3.05, 3.63) is 22.4 Å². The van der Waals surface area contributed by atoms with Crippen LogP contribution in [0.5, 0.6) is 0 Å². The Labute approximate surface area is 89.9 Å². The monoisotopic (exact) mass is 200 g/mol. The molecule has 0 spiro atoms. The number of hydrogen-bond acceptors (Lipinski definition) is 4. The number of nitriles is 3. The van der Waals surface area contributed by atoms with Crippen molar-refractivity contribution in [2.45, 2.75) is 13.8 Å². The van der Waals surface area contributed by atoms with E-state index in [1.54, 1.807) is 45.0 Å². The maximum atomic E-state index is 8.97. The van der Waals surface area contributed by atoms with E-state index in [1.165, 1.54) is 0 Å². The van der Waals surface area contributed by atoms with E-state index in [0.29, 0.717) is 11.1 Å². The molecule has 0 fully saturated rings. The van der Waals surface area contributed by atoms with Crippen molar-refractivity contribution < 1.29 is 0 Å². The average molecular weight is 200 g/mol. The molecule has 0 aliphatic carbocycles. The van der Waals surface area contributed by atoms with Gasteiger partial charge in [-0.3, -0.25) is 0 Å². The molecule has 0 radical (unpaired) electrons. The van der Waals surface area contributed by atoms with Crippen LogP contribution >= 0.6 is 0 Å². The summed E-state index contributed by atoms with van der Waals surface area (Å²) in [5, 5.41) is 26.3. The fourth-order valence-electron chi connectivity index (χ4n) is 0.977. The first kappa shape index (κ1) is 12.8. The van der Waals surface area contributed by atoms with Crippen LogP contribution in [0.25, 0.3) is 0 Å². The molecular formula is C11H12N4. The predicted octanol–water partition coefficient (Wildman–Crippen LogP) is 1.71. The van der Waals surface area contributed by atoms with Gasteiger partial charge in [-0.15, -0.1) is 0 Å². The quantitative estimate of drug-likeness (QED) is 0.502. The third kappa shape index (κ3) is 2.86. The van der Waals surface area contributed by atoms with Crippen LogP contribution in [0.4, 0.5) is 0 Å². The summed E-state index contributed by atoms with van der Waals surface area (Å²) in [6.45, 7) is 3.38. The number of rotatable bonds is 2. The highest BCUT2D eigenvalue weighted by Gasteiger charge is 2.10. The van der Waals surface area contributed by atoms with Gasteiger partial charge in [-0.25, -0.2) is 0 Å². The van der Waals surface area contributed by atoms with Gasteiger partial charge in [-0.2, -0.15) is 15.8 Å². The van der Waals surface area contributed by atoms with Gasteiger partial charge < -0.3 is 4.90 Å². The lowest BCUT2D eigenvalue weighted by atomic mass is 10.0. The molecule has 0 amide bonds. The van der Waals surface area contributed by atoms with Crippen LogP contribution in [-0.4, -0.2) is 19.0 Å². The number of nitrogens with zero attached hydrogens (tertiary/aromatic N) is 4. The third-order valence-electron chi connectivity index (χ3n) is 2.12. The molecule has 0 N–H and O–H groups in total. The molecule has 76 valence electrons. The molecule has 0 saturated heterocycles. The summed E-state index contributed by atoms with van der Waals surface area (Å²) in [4.78, 5) is 1.77. The molecule has 0 heterocycles. The first-order valence-corrected chi connectivity index (χ1v) is 4.29. The Balaban J connectivity index is 5.72. The van der Waals surface area contributed by atoms with Crippen molar-refractivity contribution >= 4 is 0 Å². The van der Waals surface area contributed by atoms with Gasteiger partial charge in [-0.05, 0) is 19.4 Å². The number of allylic oxidation sites excluding steroid dienone is 4. The Morgan fingerprint density at radius 3 is 1.67 bits per heavy atom. The van der Waals surface area contributed by atoms with Crippen LogP contribution in [0, 0.1) is 34.0 Å². The zero-order chi connectivity index (χ0) is 12.0. The standard InChI is InChI=1S/C11H12N4/c1-8(10(5-12)6-13)11(7-14)9(2)15(3)4/h1-4H3/b11-9+. The summed E-state index contributed by atoms with van der Waals surface area (Å²) in [5.74, 6) is 0. The van der Waals surface area contributed by atoms with Gasteiger partial charge in [-0.1, -0.05) is 0 Å². The van der Waals surface area contributed by atoms with Crippen molar-refractivity contribution in [2.24, 2.45) is 0 Å². The highest BCUT2D eigenvalue weighted by Crippen LogP contribution is 2.18. The summed E-state index contributed by atoms with van der Waals surface area (Å²) in [5.41, 5.74) is 1.51. The van der Waals surface area contributed by atoms with E-state index in [9.17, 15) is 0 Å². The SMILES string of the molecule is CC(=C(C#N)C#N)/C(C#N)=C(\C)N(C)C. The van der Waals surface area contributed by atoms with Gasteiger partial charge in [0.1, 0.15) is 23.8 Å². The van der Waals surface area contributed by atoms with Crippen molar-refractivity contribution in [1.29, 1.82) is 15.8 Å².